The first-order valence-electron chi connectivity index (χ1n) is 5.39. The second-order valence-electron chi connectivity index (χ2n) is 3.55. The molecule has 4 heteroatoms. The molecule has 0 saturated heterocycles. The van der Waals surface area contributed by atoms with Crippen molar-refractivity contribution in [1.82, 2.24) is 5.32 Å². The lowest BCUT2D eigenvalue weighted by Crippen LogP contribution is -2.20. The molecule has 0 atom stereocenters. The monoisotopic (exact) mass is 222 g/mol. The molecule has 4 nitrogen and oxygen atoms in total. The van der Waals surface area contributed by atoms with Crippen molar-refractivity contribution >= 4 is 5.91 Å². The lowest BCUT2D eigenvalue weighted by Gasteiger charge is -2.09. The molecule has 0 heterocycles. The van der Waals surface area contributed by atoms with Crippen LogP contribution in [0.5, 0.6) is 5.75 Å². The first-order chi connectivity index (χ1) is 7.65. The molecule has 0 saturated carbocycles. The molecule has 0 aromatic heterocycles. The number of hydrogen-bond donors (Lipinski definition) is 2. The molecule has 0 fully saturated rings. The van der Waals surface area contributed by atoms with Gasteiger partial charge in [0.2, 0.25) is 5.91 Å². The van der Waals surface area contributed by atoms with Gasteiger partial charge in [0.05, 0.1) is 0 Å². The highest BCUT2D eigenvalue weighted by Gasteiger charge is 2.04. The molecular formula is C12H18N2O2. The van der Waals surface area contributed by atoms with E-state index in [0.29, 0.717) is 12.2 Å². The van der Waals surface area contributed by atoms with E-state index in [9.17, 15) is 4.79 Å². The predicted octanol–water partition coefficient (Wildman–Crippen LogP) is 1.08. The summed E-state index contributed by atoms with van der Waals surface area (Å²) in [6.45, 7) is 6.31. The van der Waals surface area contributed by atoms with Gasteiger partial charge in [-0.25, -0.2) is 0 Å². The van der Waals surface area contributed by atoms with Crippen molar-refractivity contribution < 1.29 is 9.53 Å². The summed E-state index contributed by atoms with van der Waals surface area (Å²) >= 11 is 0. The lowest BCUT2D eigenvalue weighted by atomic mass is 10.1. The Bertz CT molecular complexity index is 364. The van der Waals surface area contributed by atoms with Crippen molar-refractivity contribution in [3.63, 3.8) is 0 Å². The molecule has 0 aliphatic rings. The van der Waals surface area contributed by atoms with Crippen LogP contribution in [0.2, 0.25) is 0 Å². The third-order valence-corrected chi connectivity index (χ3v) is 2.25. The summed E-state index contributed by atoms with van der Waals surface area (Å²) < 4.78 is 5.56. The molecule has 1 aromatic carbocycles. The summed E-state index contributed by atoms with van der Waals surface area (Å²) in [4.78, 5) is 10.9. The van der Waals surface area contributed by atoms with Gasteiger partial charge in [-0.3, -0.25) is 4.79 Å². The van der Waals surface area contributed by atoms with Crippen LogP contribution in [0.15, 0.2) is 18.2 Å². The number of nitrogens with one attached hydrogen (secondary N) is 1. The maximum Gasteiger partial charge on any atom is 0.248 e. The van der Waals surface area contributed by atoms with Crippen LogP contribution in [0.3, 0.4) is 0 Å². The Hall–Kier alpha value is -1.55. The Morgan fingerprint density at radius 1 is 1.50 bits per heavy atom. The smallest absolute Gasteiger partial charge is 0.248 e. The van der Waals surface area contributed by atoms with Gasteiger partial charge in [-0.05, 0) is 37.2 Å². The van der Waals surface area contributed by atoms with Gasteiger partial charge >= 0.3 is 0 Å². The number of amides is 1. The molecule has 88 valence electrons. The Kier molecular flexibility index (Phi) is 4.79. The third-order valence-electron chi connectivity index (χ3n) is 2.25. The number of rotatable bonds is 6. The summed E-state index contributed by atoms with van der Waals surface area (Å²) in [5.41, 5.74) is 6.62. The number of ether oxygens (including phenoxy) is 1. The van der Waals surface area contributed by atoms with Gasteiger partial charge in [0.25, 0.3) is 0 Å². The van der Waals surface area contributed by atoms with Crippen molar-refractivity contribution in [3.8, 4) is 5.75 Å². The van der Waals surface area contributed by atoms with E-state index >= 15 is 0 Å². The molecule has 0 bridgehead atoms. The first kappa shape index (κ1) is 12.5. The van der Waals surface area contributed by atoms with Gasteiger partial charge < -0.3 is 15.8 Å². The second kappa shape index (κ2) is 6.12. The van der Waals surface area contributed by atoms with Crippen molar-refractivity contribution in [3.05, 3.63) is 29.3 Å². The first-order valence-corrected chi connectivity index (χ1v) is 5.39. The fraction of sp³-hybridized carbons (Fsp3) is 0.417. The lowest BCUT2D eigenvalue weighted by molar-refractivity contribution is 0.1000. The van der Waals surface area contributed by atoms with Crippen LogP contribution in [0.1, 0.15) is 22.8 Å². The van der Waals surface area contributed by atoms with Crippen molar-refractivity contribution in [2.75, 3.05) is 19.7 Å². The zero-order valence-corrected chi connectivity index (χ0v) is 9.75. The third kappa shape index (κ3) is 3.55. The van der Waals surface area contributed by atoms with E-state index in [1.54, 1.807) is 18.2 Å². The zero-order chi connectivity index (χ0) is 12.0. The molecule has 1 amide bonds. The molecule has 0 spiro atoms. The van der Waals surface area contributed by atoms with Crippen molar-refractivity contribution in [1.29, 1.82) is 0 Å². The van der Waals surface area contributed by atoms with E-state index in [4.69, 9.17) is 10.5 Å². The minimum Gasteiger partial charge on any atom is -0.492 e. The molecule has 0 unspecified atom stereocenters. The number of nitrogens with two attached hydrogens (primary N) is 1. The summed E-state index contributed by atoms with van der Waals surface area (Å²) in [6, 6.07) is 5.20. The van der Waals surface area contributed by atoms with Crippen LogP contribution >= 0.6 is 0 Å². The van der Waals surface area contributed by atoms with Crippen LogP contribution in [-0.4, -0.2) is 25.6 Å². The van der Waals surface area contributed by atoms with Crippen LogP contribution in [-0.2, 0) is 0 Å². The maximum absolute atomic E-state index is 10.9. The van der Waals surface area contributed by atoms with Crippen molar-refractivity contribution in [2.24, 2.45) is 5.73 Å². The van der Waals surface area contributed by atoms with Gasteiger partial charge in [-0.15, -0.1) is 0 Å². The molecule has 3 N–H and O–H groups in total. The largest absolute Gasteiger partial charge is 0.492 e. The number of likely N-dealkylation sites (N-methyl/N-ethyl adjacent to an activating group) is 1. The topological polar surface area (TPSA) is 64.3 Å². The number of benzene rings is 1. The Morgan fingerprint density at radius 2 is 2.25 bits per heavy atom. The number of carbonyl (C=O) groups is 1. The normalized spacial score (nSPS) is 10.1. The number of primary amides is 1. The van der Waals surface area contributed by atoms with E-state index in [2.05, 4.69) is 5.32 Å². The molecule has 1 aromatic rings. The standard InChI is InChI=1S/C12H18N2O2/c1-3-14-6-7-16-11-5-4-10(12(13)15)8-9(11)2/h4-5,8,14H,3,6-7H2,1-2H3,(H2,13,15). The van der Waals surface area contributed by atoms with Gasteiger partial charge in [-0.2, -0.15) is 0 Å². The van der Waals surface area contributed by atoms with Gasteiger partial charge in [-0.1, -0.05) is 6.92 Å². The maximum atomic E-state index is 10.9. The quantitative estimate of drug-likeness (QED) is 0.708. The molecule has 16 heavy (non-hydrogen) atoms. The summed E-state index contributed by atoms with van der Waals surface area (Å²) in [7, 11) is 0. The SMILES string of the molecule is CCNCCOc1ccc(C(N)=O)cc1C. The molecule has 0 aliphatic carbocycles. The Labute approximate surface area is 95.8 Å². The number of hydrogen-bond acceptors (Lipinski definition) is 3. The van der Waals surface area contributed by atoms with Gasteiger partial charge in [0, 0.05) is 12.1 Å². The average Bonchev–Trinajstić information content (AvgIpc) is 2.26. The zero-order valence-electron chi connectivity index (χ0n) is 9.75. The highest BCUT2D eigenvalue weighted by atomic mass is 16.5. The molecule has 0 radical (unpaired) electrons. The molecule has 1 rings (SSSR count). The van der Waals surface area contributed by atoms with E-state index in [0.717, 1.165) is 24.4 Å². The summed E-state index contributed by atoms with van der Waals surface area (Å²) in [6.07, 6.45) is 0. The van der Waals surface area contributed by atoms with E-state index < -0.39 is 5.91 Å². The minimum absolute atomic E-state index is 0.415. The molecular weight excluding hydrogens is 204 g/mol. The average molecular weight is 222 g/mol. The highest BCUT2D eigenvalue weighted by molar-refractivity contribution is 5.93. The van der Waals surface area contributed by atoms with E-state index in [1.165, 1.54) is 0 Å². The van der Waals surface area contributed by atoms with Crippen LogP contribution < -0.4 is 15.8 Å². The van der Waals surface area contributed by atoms with E-state index in [1.807, 2.05) is 13.8 Å². The summed E-state index contributed by atoms with van der Waals surface area (Å²) in [5.74, 6) is 0.380. The minimum atomic E-state index is -0.415. The highest BCUT2D eigenvalue weighted by Crippen LogP contribution is 2.18. The van der Waals surface area contributed by atoms with Gasteiger partial charge in [0.15, 0.2) is 0 Å². The van der Waals surface area contributed by atoms with Crippen LogP contribution in [0.4, 0.5) is 0 Å². The predicted molar refractivity (Wildman–Crippen MR) is 63.7 cm³/mol. The Morgan fingerprint density at radius 3 is 2.81 bits per heavy atom. The van der Waals surface area contributed by atoms with E-state index in [-0.39, 0.29) is 0 Å². The Balaban J connectivity index is 2.57. The number of aryl methyl sites for hydroxylation is 1. The van der Waals surface area contributed by atoms with Crippen LogP contribution in [0.25, 0.3) is 0 Å². The fourth-order valence-corrected chi connectivity index (χ4v) is 1.37. The number of carbonyl (C=O) groups excluding carboxylic acids is 1. The fourth-order valence-electron chi connectivity index (χ4n) is 1.37. The summed E-state index contributed by atoms with van der Waals surface area (Å²) in [5, 5.41) is 3.17. The van der Waals surface area contributed by atoms with Crippen LogP contribution in [0, 0.1) is 6.92 Å². The second-order valence-corrected chi connectivity index (χ2v) is 3.55. The van der Waals surface area contributed by atoms with Gasteiger partial charge in [0.1, 0.15) is 12.4 Å². The molecule has 0 aliphatic heterocycles. The van der Waals surface area contributed by atoms with Crippen molar-refractivity contribution in [2.45, 2.75) is 13.8 Å².